The number of benzene rings is 1. The van der Waals surface area contributed by atoms with Gasteiger partial charge in [0.1, 0.15) is 29.8 Å². The first-order chi connectivity index (χ1) is 22.7. The molecule has 1 aromatic carbocycles. The Morgan fingerprint density at radius 1 is 1.06 bits per heavy atom. The summed E-state index contributed by atoms with van der Waals surface area (Å²) in [4.78, 5) is 18.2. The van der Waals surface area contributed by atoms with Crippen LogP contribution in [0, 0.1) is 17.0 Å². The lowest BCUT2D eigenvalue weighted by molar-refractivity contribution is -0.179. The Morgan fingerprint density at radius 3 is 2.83 bits per heavy atom. The summed E-state index contributed by atoms with van der Waals surface area (Å²) in [6.45, 7) is 2.38. The molecule has 3 saturated heterocycles. The number of pyridine rings is 1. The monoisotopic (exact) mass is 651 g/mol. The fraction of sp³-hybridized carbons (Fsp3) is 0.576. The molecule has 7 aliphatic heterocycles. The molecule has 12 rings (SSSR count). The van der Waals surface area contributed by atoms with Gasteiger partial charge in [0.25, 0.3) is 0 Å². The van der Waals surface area contributed by atoms with Gasteiger partial charge in [-0.1, -0.05) is 0 Å². The van der Waals surface area contributed by atoms with Crippen LogP contribution in [-0.2, 0) is 4.74 Å². The molecule has 8 aliphatic rings. The number of alkyl halides is 1. The summed E-state index contributed by atoms with van der Waals surface area (Å²) < 4.78 is 64.9. The van der Waals surface area contributed by atoms with Crippen LogP contribution in [0.3, 0.4) is 0 Å². The molecular weight excluding hydrogens is 615 g/mol. The summed E-state index contributed by atoms with van der Waals surface area (Å²) in [6.07, 6.45) is 7.97. The molecule has 0 radical (unpaired) electrons. The topological polar surface area (TPSA) is 122 Å². The van der Waals surface area contributed by atoms with Crippen LogP contribution in [0.4, 0.5) is 19.0 Å². The molecule has 2 N–H and O–H groups in total. The van der Waals surface area contributed by atoms with E-state index >= 15 is 8.78 Å². The first kappa shape index (κ1) is 29.4. The molecule has 1 saturated carbocycles. The van der Waals surface area contributed by atoms with E-state index in [1.807, 2.05) is 0 Å². The number of anilines is 1. The molecule has 1 unspecified atom stereocenters. The molecule has 3 aromatic heterocycles. The van der Waals surface area contributed by atoms with E-state index in [1.165, 1.54) is 18.5 Å². The van der Waals surface area contributed by atoms with E-state index in [9.17, 15) is 9.50 Å². The maximum atomic E-state index is 16.9. The van der Waals surface area contributed by atoms with Crippen LogP contribution < -0.4 is 14.4 Å². The molecule has 248 valence electrons. The van der Waals surface area contributed by atoms with Gasteiger partial charge < -0.3 is 24.2 Å². The van der Waals surface area contributed by atoms with Crippen LogP contribution in [-0.4, -0.2) is 98.7 Å². The highest BCUT2D eigenvalue weighted by atomic mass is 19.1. The molecule has 10 heterocycles. The second kappa shape index (κ2) is 10.6. The Balaban J connectivity index is 1.20. The van der Waals surface area contributed by atoms with Crippen LogP contribution in [0.25, 0.3) is 33.1 Å². The smallest absolute Gasteiger partial charge is 0.319 e. The van der Waals surface area contributed by atoms with Gasteiger partial charge in [-0.3, -0.25) is 15.0 Å². The van der Waals surface area contributed by atoms with Gasteiger partial charge >= 0.3 is 6.01 Å². The predicted molar refractivity (Wildman–Crippen MR) is 165 cm³/mol. The summed E-state index contributed by atoms with van der Waals surface area (Å²) in [5, 5.41) is 18.8. The van der Waals surface area contributed by atoms with E-state index in [2.05, 4.69) is 30.0 Å². The fourth-order valence-electron chi connectivity index (χ4n) is 9.16. The second-order valence-electron chi connectivity index (χ2n) is 14.3. The number of aliphatic hydroxyl groups is 1. The zero-order chi connectivity index (χ0) is 32.0. The van der Waals surface area contributed by atoms with Gasteiger partial charge in [-0.15, -0.1) is 0 Å². The number of hydrogen-bond acceptors (Lipinski definition) is 10. The van der Waals surface area contributed by atoms with Crippen molar-refractivity contribution < 1.29 is 32.5 Å². The standard InChI is InChI=1S/C33H36F3N7O4/c34-19-10-32(4-2-7-43(32)13-19)16-46-30-39-26-21-11-37-27(25(26)36)24-20-12-38-41-23(20)9-22(35)28(24)47-18-45-17-33(44)14-31(15-33)3-1-6-42(8-5-31)29(21)40-30/h9,11-12,19,44H,1-8,10,13-18H2,(H,38,41)/t19-,31?,32?,33?/m1/s1. The number of hydrogen-bond donors (Lipinski definition) is 2. The van der Waals surface area contributed by atoms with Gasteiger partial charge in [-0.2, -0.15) is 15.1 Å². The number of rotatable bonds is 3. The zero-order valence-electron chi connectivity index (χ0n) is 25.9. The molecular formula is C33H36F3N7O4. The number of halogens is 3. The van der Waals surface area contributed by atoms with Gasteiger partial charge in [-0.05, 0) is 56.9 Å². The average Bonchev–Trinajstić information content (AvgIpc) is 3.68. The summed E-state index contributed by atoms with van der Waals surface area (Å²) in [5.74, 6) is -1.29. The quantitative estimate of drug-likeness (QED) is 0.323. The fourth-order valence-corrected chi connectivity index (χ4v) is 9.16. The molecule has 4 fully saturated rings. The molecule has 1 aliphatic carbocycles. The van der Waals surface area contributed by atoms with Crippen molar-refractivity contribution in [3.05, 3.63) is 30.1 Å². The molecule has 4 aromatic rings. The average molecular weight is 652 g/mol. The van der Waals surface area contributed by atoms with Crippen molar-refractivity contribution in [2.75, 3.05) is 51.1 Å². The lowest BCUT2D eigenvalue weighted by Crippen LogP contribution is -2.55. The Morgan fingerprint density at radius 2 is 1.94 bits per heavy atom. The van der Waals surface area contributed by atoms with Crippen LogP contribution >= 0.6 is 0 Å². The molecule has 14 heteroatoms. The number of ether oxygens (including phenoxy) is 3. The van der Waals surface area contributed by atoms with Crippen molar-refractivity contribution in [2.45, 2.75) is 68.7 Å². The number of fused-ring (bicyclic) bond motifs is 2. The van der Waals surface area contributed by atoms with Gasteiger partial charge in [-0.25, -0.2) is 13.2 Å². The predicted octanol–water partition coefficient (Wildman–Crippen LogP) is 4.67. The van der Waals surface area contributed by atoms with Gasteiger partial charge in [0.2, 0.25) is 0 Å². The molecule has 2 atom stereocenters. The van der Waals surface area contributed by atoms with Crippen molar-refractivity contribution in [3.63, 3.8) is 0 Å². The van der Waals surface area contributed by atoms with Crippen LogP contribution in [0.1, 0.15) is 51.4 Å². The second-order valence-corrected chi connectivity index (χ2v) is 14.3. The van der Waals surface area contributed by atoms with E-state index in [-0.39, 0.29) is 54.0 Å². The third-order valence-corrected chi connectivity index (χ3v) is 11.2. The lowest BCUT2D eigenvalue weighted by atomic mass is 9.56. The van der Waals surface area contributed by atoms with E-state index in [0.29, 0.717) is 61.0 Å². The lowest BCUT2D eigenvalue weighted by Gasteiger charge is -2.53. The Bertz CT molecular complexity index is 1880. The number of nitrogens with one attached hydrogen (secondary N) is 1. The first-order valence-corrected chi connectivity index (χ1v) is 16.5. The van der Waals surface area contributed by atoms with Crippen molar-refractivity contribution in [2.24, 2.45) is 5.41 Å². The van der Waals surface area contributed by atoms with E-state index < -0.39 is 28.9 Å². The molecule has 11 nitrogen and oxygen atoms in total. The largest absolute Gasteiger partial charge is 0.464 e. The summed E-state index contributed by atoms with van der Waals surface area (Å²) in [6, 6.07) is 1.23. The van der Waals surface area contributed by atoms with E-state index in [1.54, 1.807) is 0 Å². The number of aromatic amines is 1. The highest BCUT2D eigenvalue weighted by molar-refractivity contribution is 6.00. The van der Waals surface area contributed by atoms with Gasteiger partial charge in [0, 0.05) is 43.7 Å². The molecule has 1 spiro atoms. The number of nitrogens with zero attached hydrogens (tertiary/aromatic N) is 6. The highest BCUT2D eigenvalue weighted by Gasteiger charge is 2.54. The SMILES string of the molecule is OC12COCOc3c(F)cc4[nH]ncc4c3-c3ncc4c(nc(OCC56CCCN5C[C@H](F)C6)nc4c3F)N3CCCC(CC3)(C1)C2. The maximum absolute atomic E-state index is 16.9. The van der Waals surface area contributed by atoms with Crippen molar-refractivity contribution in [1.29, 1.82) is 0 Å². The summed E-state index contributed by atoms with van der Waals surface area (Å²) >= 11 is 0. The summed E-state index contributed by atoms with van der Waals surface area (Å²) in [5.41, 5.74) is -1.30. The molecule has 7 bridgehead atoms. The van der Waals surface area contributed by atoms with E-state index in [4.69, 9.17) is 19.2 Å². The Kier molecular flexibility index (Phi) is 6.65. The van der Waals surface area contributed by atoms with Crippen LogP contribution in [0.5, 0.6) is 11.8 Å². The maximum Gasteiger partial charge on any atom is 0.319 e. The van der Waals surface area contributed by atoms with Crippen LogP contribution in [0.2, 0.25) is 0 Å². The minimum Gasteiger partial charge on any atom is -0.464 e. The first-order valence-electron chi connectivity index (χ1n) is 16.5. The van der Waals surface area contributed by atoms with Crippen LogP contribution in [0.15, 0.2) is 18.5 Å². The van der Waals surface area contributed by atoms with Crippen molar-refractivity contribution >= 4 is 27.6 Å². The van der Waals surface area contributed by atoms with Gasteiger partial charge in [0.15, 0.2) is 24.2 Å². The Labute approximate surface area is 268 Å². The minimum absolute atomic E-state index is 0.000414. The van der Waals surface area contributed by atoms with Crippen molar-refractivity contribution in [1.82, 2.24) is 30.0 Å². The number of H-pyrrole nitrogens is 1. The molecule has 47 heavy (non-hydrogen) atoms. The van der Waals surface area contributed by atoms with Gasteiger partial charge in [0.05, 0.1) is 40.4 Å². The van der Waals surface area contributed by atoms with E-state index in [0.717, 1.165) is 38.6 Å². The number of aromatic nitrogens is 5. The third kappa shape index (κ3) is 4.73. The zero-order valence-corrected chi connectivity index (χ0v) is 25.9. The minimum atomic E-state index is -1.00. The normalized spacial score (nSPS) is 30.7. The van der Waals surface area contributed by atoms with Crippen molar-refractivity contribution in [3.8, 4) is 23.0 Å². The Hall–Kier alpha value is -3.75. The molecule has 0 amide bonds. The third-order valence-electron chi connectivity index (χ3n) is 11.2. The highest BCUT2D eigenvalue weighted by Crippen LogP contribution is 2.55. The summed E-state index contributed by atoms with van der Waals surface area (Å²) in [7, 11) is 0.